The van der Waals surface area contributed by atoms with Crippen LogP contribution in [0.5, 0.6) is 0 Å². The molecule has 0 aromatic heterocycles. The van der Waals surface area contributed by atoms with Crippen LogP contribution < -0.4 is 5.73 Å². The highest BCUT2D eigenvalue weighted by Crippen LogP contribution is 2.28. The number of benzene rings is 1. The normalized spacial score (nSPS) is 21.1. The summed E-state index contributed by atoms with van der Waals surface area (Å²) in [5, 5.41) is 7.67. The van der Waals surface area contributed by atoms with Crippen molar-refractivity contribution in [2.75, 3.05) is 19.7 Å². The van der Waals surface area contributed by atoms with E-state index < -0.39 is 0 Å². The van der Waals surface area contributed by atoms with Crippen molar-refractivity contribution in [3.8, 4) is 0 Å². The quantitative estimate of drug-likeness (QED) is 0.599. The SMILES string of the molecule is CCCOC1CCCN(C(CC(=N)N)c2ccccc2)C1. The molecule has 0 aliphatic carbocycles. The van der Waals surface area contributed by atoms with Crippen molar-refractivity contribution in [1.82, 2.24) is 4.90 Å². The van der Waals surface area contributed by atoms with E-state index in [2.05, 4.69) is 36.1 Å². The Morgan fingerprint density at radius 1 is 1.43 bits per heavy atom. The van der Waals surface area contributed by atoms with Gasteiger partial charge in [-0.15, -0.1) is 0 Å². The molecule has 0 spiro atoms. The van der Waals surface area contributed by atoms with Gasteiger partial charge < -0.3 is 10.5 Å². The molecule has 4 heteroatoms. The molecular formula is C17H27N3O. The summed E-state index contributed by atoms with van der Waals surface area (Å²) in [5.41, 5.74) is 6.92. The number of piperidine rings is 1. The summed E-state index contributed by atoms with van der Waals surface area (Å²) in [7, 11) is 0. The summed E-state index contributed by atoms with van der Waals surface area (Å²) in [6.45, 7) is 4.97. The molecule has 2 unspecified atom stereocenters. The molecule has 1 heterocycles. The van der Waals surface area contributed by atoms with Gasteiger partial charge in [0.25, 0.3) is 0 Å². The molecule has 1 saturated heterocycles. The van der Waals surface area contributed by atoms with E-state index in [1.807, 2.05) is 6.07 Å². The maximum atomic E-state index is 7.67. The topological polar surface area (TPSA) is 62.3 Å². The number of rotatable bonds is 7. The molecule has 116 valence electrons. The smallest absolute Gasteiger partial charge is 0.0924 e. The number of hydrogen-bond donors (Lipinski definition) is 2. The Morgan fingerprint density at radius 3 is 2.86 bits per heavy atom. The Hall–Kier alpha value is -1.39. The van der Waals surface area contributed by atoms with E-state index in [4.69, 9.17) is 15.9 Å². The van der Waals surface area contributed by atoms with Crippen molar-refractivity contribution in [3.63, 3.8) is 0 Å². The van der Waals surface area contributed by atoms with Gasteiger partial charge in [0, 0.05) is 25.6 Å². The van der Waals surface area contributed by atoms with Crippen LogP contribution in [0, 0.1) is 5.41 Å². The average Bonchev–Trinajstić information content (AvgIpc) is 2.51. The van der Waals surface area contributed by atoms with Crippen LogP contribution in [0.25, 0.3) is 0 Å². The van der Waals surface area contributed by atoms with Gasteiger partial charge in [-0.05, 0) is 31.4 Å². The van der Waals surface area contributed by atoms with E-state index in [0.29, 0.717) is 12.5 Å². The Bertz CT molecular complexity index is 435. The number of amidine groups is 1. The molecule has 0 radical (unpaired) electrons. The van der Waals surface area contributed by atoms with Gasteiger partial charge in [-0.3, -0.25) is 10.3 Å². The van der Waals surface area contributed by atoms with Crippen molar-refractivity contribution >= 4 is 5.84 Å². The maximum absolute atomic E-state index is 7.67. The van der Waals surface area contributed by atoms with Crippen LogP contribution in [-0.4, -0.2) is 36.5 Å². The van der Waals surface area contributed by atoms with Crippen LogP contribution in [0.15, 0.2) is 30.3 Å². The van der Waals surface area contributed by atoms with Gasteiger partial charge in [-0.1, -0.05) is 37.3 Å². The molecule has 1 fully saturated rings. The van der Waals surface area contributed by atoms with E-state index in [1.54, 1.807) is 0 Å². The molecule has 4 nitrogen and oxygen atoms in total. The fourth-order valence-electron chi connectivity index (χ4n) is 3.01. The molecule has 3 N–H and O–H groups in total. The predicted octanol–water partition coefficient (Wildman–Crippen LogP) is 2.94. The van der Waals surface area contributed by atoms with E-state index in [1.165, 1.54) is 5.56 Å². The fraction of sp³-hybridized carbons (Fsp3) is 0.588. The first-order valence-corrected chi connectivity index (χ1v) is 7.94. The molecule has 0 saturated carbocycles. The monoisotopic (exact) mass is 289 g/mol. The summed E-state index contributed by atoms with van der Waals surface area (Å²) >= 11 is 0. The first kappa shape index (κ1) is 16.0. The van der Waals surface area contributed by atoms with Crippen LogP contribution in [0.3, 0.4) is 0 Å². The lowest BCUT2D eigenvalue weighted by atomic mass is 9.97. The number of nitrogens with zero attached hydrogens (tertiary/aromatic N) is 1. The van der Waals surface area contributed by atoms with Gasteiger partial charge in [-0.2, -0.15) is 0 Å². The van der Waals surface area contributed by atoms with E-state index >= 15 is 0 Å². The van der Waals surface area contributed by atoms with Crippen LogP contribution in [-0.2, 0) is 4.74 Å². The van der Waals surface area contributed by atoms with Crippen LogP contribution in [0.2, 0.25) is 0 Å². The van der Waals surface area contributed by atoms with Crippen molar-refractivity contribution in [2.24, 2.45) is 5.73 Å². The van der Waals surface area contributed by atoms with Gasteiger partial charge in [-0.25, -0.2) is 0 Å². The Morgan fingerprint density at radius 2 is 2.19 bits per heavy atom. The second-order valence-electron chi connectivity index (χ2n) is 5.79. The number of ether oxygens (including phenoxy) is 1. The Balaban J connectivity index is 2.07. The Labute approximate surface area is 127 Å². The van der Waals surface area contributed by atoms with E-state index in [-0.39, 0.29) is 11.9 Å². The number of nitrogens with one attached hydrogen (secondary N) is 1. The molecule has 21 heavy (non-hydrogen) atoms. The van der Waals surface area contributed by atoms with Crippen molar-refractivity contribution in [3.05, 3.63) is 35.9 Å². The summed E-state index contributed by atoms with van der Waals surface area (Å²) in [6, 6.07) is 10.6. The summed E-state index contributed by atoms with van der Waals surface area (Å²) < 4.78 is 5.93. The van der Waals surface area contributed by atoms with Crippen LogP contribution >= 0.6 is 0 Å². The first-order valence-electron chi connectivity index (χ1n) is 7.94. The summed E-state index contributed by atoms with van der Waals surface area (Å²) in [5.74, 6) is 0.250. The van der Waals surface area contributed by atoms with Gasteiger partial charge in [0.1, 0.15) is 0 Å². The average molecular weight is 289 g/mol. The molecule has 2 atom stereocenters. The number of hydrogen-bond acceptors (Lipinski definition) is 3. The minimum Gasteiger partial charge on any atom is -0.388 e. The highest BCUT2D eigenvalue weighted by Gasteiger charge is 2.27. The third-order valence-electron chi connectivity index (χ3n) is 4.01. The highest BCUT2D eigenvalue weighted by molar-refractivity contribution is 5.77. The zero-order valence-electron chi connectivity index (χ0n) is 12.9. The van der Waals surface area contributed by atoms with Crippen LogP contribution in [0.1, 0.15) is 44.2 Å². The van der Waals surface area contributed by atoms with E-state index in [0.717, 1.165) is 39.0 Å². The lowest BCUT2D eigenvalue weighted by molar-refractivity contribution is -0.0121. The van der Waals surface area contributed by atoms with Crippen LogP contribution in [0.4, 0.5) is 0 Å². The Kier molecular flexibility index (Phi) is 6.21. The minimum absolute atomic E-state index is 0.191. The third-order valence-corrected chi connectivity index (χ3v) is 4.01. The molecule has 1 aliphatic heterocycles. The molecule has 0 bridgehead atoms. The third kappa shape index (κ3) is 4.83. The zero-order chi connectivity index (χ0) is 15.1. The predicted molar refractivity (Wildman–Crippen MR) is 86.6 cm³/mol. The largest absolute Gasteiger partial charge is 0.388 e. The molecule has 1 aromatic rings. The fourth-order valence-corrected chi connectivity index (χ4v) is 3.01. The second-order valence-corrected chi connectivity index (χ2v) is 5.79. The standard InChI is InChI=1S/C17H27N3O/c1-2-11-21-15-9-6-10-20(13-15)16(12-17(18)19)14-7-4-3-5-8-14/h3-5,7-8,15-16H,2,6,9-13H2,1H3,(H3,18,19). The minimum atomic E-state index is 0.191. The molecule has 1 aromatic carbocycles. The van der Waals surface area contributed by atoms with Crippen molar-refractivity contribution in [1.29, 1.82) is 5.41 Å². The number of likely N-dealkylation sites (tertiary alicyclic amines) is 1. The van der Waals surface area contributed by atoms with Gasteiger partial charge >= 0.3 is 0 Å². The summed E-state index contributed by atoms with van der Waals surface area (Å²) in [6.07, 6.45) is 4.25. The zero-order valence-corrected chi connectivity index (χ0v) is 12.9. The maximum Gasteiger partial charge on any atom is 0.0924 e. The highest BCUT2D eigenvalue weighted by atomic mass is 16.5. The first-order chi connectivity index (χ1) is 10.2. The summed E-state index contributed by atoms with van der Waals surface area (Å²) in [4.78, 5) is 2.43. The van der Waals surface area contributed by atoms with Crippen molar-refractivity contribution in [2.45, 2.75) is 44.8 Å². The second kappa shape index (κ2) is 8.15. The van der Waals surface area contributed by atoms with Crippen molar-refractivity contribution < 1.29 is 4.74 Å². The number of nitrogens with two attached hydrogens (primary N) is 1. The van der Waals surface area contributed by atoms with E-state index in [9.17, 15) is 0 Å². The van der Waals surface area contributed by atoms with Gasteiger partial charge in [0.15, 0.2) is 0 Å². The molecular weight excluding hydrogens is 262 g/mol. The lowest BCUT2D eigenvalue weighted by Gasteiger charge is -2.38. The van der Waals surface area contributed by atoms with Gasteiger partial charge in [0.05, 0.1) is 11.9 Å². The van der Waals surface area contributed by atoms with Gasteiger partial charge in [0.2, 0.25) is 0 Å². The lowest BCUT2D eigenvalue weighted by Crippen LogP contribution is -2.43. The molecule has 1 aliphatic rings. The molecule has 2 rings (SSSR count). The molecule has 0 amide bonds.